The molecule has 0 radical (unpaired) electrons. The van der Waals surface area contributed by atoms with Crippen molar-refractivity contribution in [3.63, 3.8) is 0 Å². The third kappa shape index (κ3) is 4.75. The molecule has 2 aromatic rings. The van der Waals surface area contributed by atoms with Gasteiger partial charge < -0.3 is 5.32 Å². The molecule has 33 heavy (non-hydrogen) atoms. The van der Waals surface area contributed by atoms with Crippen LogP contribution in [0.1, 0.15) is 39.9 Å². The molecule has 2 atom stereocenters. The van der Waals surface area contributed by atoms with E-state index in [1.807, 2.05) is 11.8 Å². The number of hydrogen-bond acceptors (Lipinski definition) is 3. The van der Waals surface area contributed by atoms with Crippen LogP contribution in [0.2, 0.25) is 15.1 Å². The van der Waals surface area contributed by atoms with Crippen molar-refractivity contribution in [2.45, 2.75) is 36.6 Å². The Morgan fingerprint density at radius 1 is 1.21 bits per heavy atom. The van der Waals surface area contributed by atoms with Crippen molar-refractivity contribution in [3.05, 3.63) is 67.7 Å². The van der Waals surface area contributed by atoms with Crippen molar-refractivity contribution in [3.8, 4) is 0 Å². The van der Waals surface area contributed by atoms with Crippen molar-refractivity contribution >= 4 is 58.2 Å². The van der Waals surface area contributed by atoms with Gasteiger partial charge in [0.1, 0.15) is 5.41 Å². The number of carbonyl (C=O) groups excluding carboxylic acids is 1. The number of amides is 1. The third-order valence-electron chi connectivity index (χ3n) is 6.18. The minimum Gasteiger partial charge on any atom is -0.351 e. The number of nitrogens with zero attached hydrogens (tertiary/aromatic N) is 1. The molecular weight excluding hydrogens is 516 g/mol. The molecule has 2 aliphatic rings. The number of benzene rings is 2. The van der Waals surface area contributed by atoms with Gasteiger partial charge in [0.05, 0.1) is 21.6 Å². The van der Waals surface area contributed by atoms with Gasteiger partial charge >= 0.3 is 6.18 Å². The number of nitrogens with one attached hydrogen (secondary N) is 1. The van der Waals surface area contributed by atoms with E-state index >= 15 is 0 Å². The molecule has 2 unspecified atom stereocenters. The highest BCUT2D eigenvalue weighted by Crippen LogP contribution is 2.49. The molecule has 0 aliphatic carbocycles. The second kappa shape index (κ2) is 9.33. The number of thioether (sulfide) groups is 1. The number of aliphatic imine (C=N–C) groups is 1. The first-order chi connectivity index (χ1) is 15.5. The molecule has 0 aromatic heterocycles. The molecule has 1 saturated heterocycles. The number of alkyl halides is 3. The first-order valence-electron chi connectivity index (χ1n) is 10.3. The average Bonchev–Trinajstić information content (AvgIpc) is 3.17. The zero-order valence-corrected chi connectivity index (χ0v) is 20.6. The highest BCUT2D eigenvalue weighted by atomic mass is 35.5. The Hall–Kier alpha value is -1.41. The van der Waals surface area contributed by atoms with Crippen LogP contribution in [0, 0.1) is 6.92 Å². The van der Waals surface area contributed by atoms with Crippen LogP contribution in [0.25, 0.3) is 0 Å². The number of hydrogen-bond donors (Lipinski definition) is 1. The van der Waals surface area contributed by atoms with Crippen molar-refractivity contribution in [1.29, 1.82) is 0 Å². The fourth-order valence-electron chi connectivity index (χ4n) is 4.05. The predicted molar refractivity (Wildman–Crippen MR) is 130 cm³/mol. The topological polar surface area (TPSA) is 41.5 Å². The predicted octanol–water partition coefficient (Wildman–Crippen LogP) is 6.88. The monoisotopic (exact) mass is 534 g/mol. The lowest BCUT2D eigenvalue weighted by Crippen LogP contribution is -2.43. The molecule has 1 N–H and O–H groups in total. The summed E-state index contributed by atoms with van der Waals surface area (Å²) in [7, 11) is 0. The van der Waals surface area contributed by atoms with Crippen LogP contribution in [-0.4, -0.2) is 41.9 Å². The Balaban J connectivity index is 1.58. The molecule has 2 heterocycles. The molecule has 3 nitrogen and oxygen atoms in total. The van der Waals surface area contributed by atoms with E-state index in [1.165, 1.54) is 12.1 Å². The minimum absolute atomic E-state index is 0.0129. The lowest BCUT2D eigenvalue weighted by Gasteiger charge is -2.32. The minimum atomic E-state index is -4.59. The van der Waals surface area contributed by atoms with E-state index in [0.29, 0.717) is 34.2 Å². The van der Waals surface area contributed by atoms with Crippen LogP contribution in [0.3, 0.4) is 0 Å². The summed E-state index contributed by atoms with van der Waals surface area (Å²) in [5, 5.41) is 3.31. The number of aryl methyl sites for hydroxylation is 1. The molecule has 1 amide bonds. The zero-order chi connectivity index (χ0) is 24.0. The Morgan fingerprint density at radius 2 is 1.88 bits per heavy atom. The molecule has 2 aliphatic heterocycles. The molecule has 0 bridgehead atoms. The molecule has 0 spiro atoms. The lowest BCUT2D eigenvalue weighted by atomic mass is 9.76. The van der Waals surface area contributed by atoms with Gasteiger partial charge in [0.25, 0.3) is 5.91 Å². The van der Waals surface area contributed by atoms with E-state index in [0.717, 1.165) is 12.2 Å². The van der Waals surface area contributed by atoms with Crippen LogP contribution in [0.15, 0.2) is 35.3 Å². The van der Waals surface area contributed by atoms with E-state index in [-0.39, 0.29) is 33.0 Å². The molecule has 10 heteroatoms. The number of carbonyl (C=O) groups is 1. The number of rotatable bonds is 5. The maximum Gasteiger partial charge on any atom is 0.400 e. The van der Waals surface area contributed by atoms with Gasteiger partial charge in [-0.1, -0.05) is 40.9 Å². The Bertz CT molecular complexity index is 1110. The van der Waals surface area contributed by atoms with E-state index in [4.69, 9.17) is 34.8 Å². The van der Waals surface area contributed by atoms with Crippen molar-refractivity contribution in [2.75, 3.05) is 18.8 Å². The molecule has 176 valence electrons. The smallest absolute Gasteiger partial charge is 0.351 e. The molecule has 4 rings (SSSR count). The van der Waals surface area contributed by atoms with Crippen molar-refractivity contribution in [2.24, 2.45) is 4.99 Å². The lowest BCUT2D eigenvalue weighted by molar-refractivity contribution is -0.183. The van der Waals surface area contributed by atoms with Gasteiger partial charge in [-0.05, 0) is 60.1 Å². The van der Waals surface area contributed by atoms with Crippen LogP contribution in [0.4, 0.5) is 13.2 Å². The van der Waals surface area contributed by atoms with Crippen molar-refractivity contribution < 1.29 is 18.0 Å². The normalized spacial score (nSPS) is 22.6. The standard InChI is InChI=1S/C23H20Cl3F3N2OS/c1-12-6-13(2-3-16(12)21(32)30-10-15-4-5-33-15)19-9-22(11-31-19,23(27,28)29)14-7-17(24)20(26)18(25)8-14/h2-3,6-8,15H,4-5,9-11H2,1H3,(H,30,32). The third-order valence-corrected chi connectivity index (χ3v) is 8.72. The van der Waals surface area contributed by atoms with Gasteiger partial charge in [0, 0.05) is 29.5 Å². The number of halogens is 6. The van der Waals surface area contributed by atoms with Gasteiger partial charge in [-0.25, -0.2) is 0 Å². The summed E-state index contributed by atoms with van der Waals surface area (Å²) in [6.45, 7) is 1.89. The summed E-state index contributed by atoms with van der Waals surface area (Å²) in [6.07, 6.45) is -3.87. The van der Waals surface area contributed by atoms with Crippen LogP contribution in [0.5, 0.6) is 0 Å². The van der Waals surface area contributed by atoms with Crippen LogP contribution in [-0.2, 0) is 5.41 Å². The Labute approximate surface area is 209 Å². The van der Waals surface area contributed by atoms with Gasteiger partial charge in [-0.15, -0.1) is 0 Å². The van der Waals surface area contributed by atoms with E-state index < -0.39 is 18.1 Å². The van der Waals surface area contributed by atoms with Gasteiger partial charge in [0.2, 0.25) is 0 Å². The summed E-state index contributed by atoms with van der Waals surface area (Å²) in [6, 6.07) is 7.41. The maximum absolute atomic E-state index is 14.3. The van der Waals surface area contributed by atoms with Crippen LogP contribution < -0.4 is 5.32 Å². The molecule has 2 aromatic carbocycles. The quantitative estimate of drug-likeness (QED) is 0.424. The highest BCUT2D eigenvalue weighted by molar-refractivity contribution is 8.01. The van der Waals surface area contributed by atoms with E-state index in [2.05, 4.69) is 10.3 Å². The zero-order valence-electron chi connectivity index (χ0n) is 17.5. The summed E-state index contributed by atoms with van der Waals surface area (Å²) in [5.74, 6) is 0.930. The van der Waals surface area contributed by atoms with Crippen molar-refractivity contribution in [1.82, 2.24) is 5.32 Å². The maximum atomic E-state index is 14.3. The fourth-order valence-corrected chi connectivity index (χ4v) is 5.41. The second-order valence-electron chi connectivity index (χ2n) is 8.29. The first-order valence-corrected chi connectivity index (χ1v) is 12.5. The summed E-state index contributed by atoms with van der Waals surface area (Å²) in [5.41, 5.74) is -0.290. The fraction of sp³-hybridized carbons (Fsp3) is 0.391. The van der Waals surface area contributed by atoms with Crippen LogP contribution >= 0.6 is 46.6 Å². The average molecular weight is 536 g/mol. The molecule has 0 saturated carbocycles. The summed E-state index contributed by atoms with van der Waals surface area (Å²) < 4.78 is 43.0. The largest absolute Gasteiger partial charge is 0.400 e. The molecule has 1 fully saturated rings. The van der Waals surface area contributed by atoms with Gasteiger partial charge in [0.15, 0.2) is 0 Å². The van der Waals surface area contributed by atoms with E-state index in [1.54, 1.807) is 25.1 Å². The van der Waals surface area contributed by atoms with E-state index in [9.17, 15) is 18.0 Å². The van der Waals surface area contributed by atoms with Gasteiger partial charge in [-0.3, -0.25) is 9.79 Å². The summed E-state index contributed by atoms with van der Waals surface area (Å²) >= 11 is 19.8. The highest BCUT2D eigenvalue weighted by Gasteiger charge is 2.58. The Morgan fingerprint density at radius 3 is 2.42 bits per heavy atom. The summed E-state index contributed by atoms with van der Waals surface area (Å²) in [4.78, 5) is 16.8. The first kappa shape index (κ1) is 24.7. The molecular formula is C23H20Cl3F3N2OS. The van der Waals surface area contributed by atoms with Gasteiger partial charge in [-0.2, -0.15) is 24.9 Å². The SMILES string of the molecule is Cc1cc(C2=NCC(c3cc(Cl)c(Cl)c(Cl)c3)(C(F)(F)F)C2)ccc1C(=O)NCC1CCS1. The Kier molecular flexibility index (Phi) is 6.98. The second-order valence-corrected chi connectivity index (χ2v) is 10.9.